The van der Waals surface area contributed by atoms with Gasteiger partial charge in [0.2, 0.25) is 11.6 Å². The highest BCUT2D eigenvalue weighted by Gasteiger charge is 2.26. The topological polar surface area (TPSA) is 293 Å². The molecule has 0 saturated heterocycles. The van der Waals surface area contributed by atoms with Crippen LogP contribution in [0.15, 0.2) is 146 Å². The molecule has 2 saturated carbocycles. The summed E-state index contributed by atoms with van der Waals surface area (Å²) < 4.78 is 17.3. The van der Waals surface area contributed by atoms with Gasteiger partial charge in [-0.05, 0) is 213 Å². The molecular weight excluding hydrogens is 1250 g/mol. The Hall–Kier alpha value is -10.9. The average Bonchev–Trinajstić information content (AvgIpc) is 1.62. The highest BCUT2D eigenvalue weighted by molar-refractivity contribution is 7.17. The van der Waals surface area contributed by atoms with Gasteiger partial charge >= 0.3 is 5.97 Å². The minimum Gasteiger partial charge on any atom is -0.489 e. The van der Waals surface area contributed by atoms with E-state index in [9.17, 15) is 24.0 Å². The maximum absolute atomic E-state index is 12.7. The van der Waals surface area contributed by atoms with Gasteiger partial charge in [0.05, 0.1) is 31.8 Å². The highest BCUT2D eigenvalue weighted by atomic mass is 32.1. The molecule has 0 atom stereocenters. The van der Waals surface area contributed by atoms with Crippen LogP contribution in [0.25, 0.3) is 88.5 Å². The molecule has 0 spiro atoms. The lowest BCUT2D eigenvalue weighted by molar-refractivity contribution is -0.135. The van der Waals surface area contributed by atoms with Gasteiger partial charge in [0.25, 0.3) is 11.8 Å². The second-order valence-corrected chi connectivity index (χ2v) is 26.0. The van der Waals surface area contributed by atoms with Crippen LogP contribution in [-0.2, 0) is 18.0 Å². The first-order valence-corrected chi connectivity index (χ1v) is 33.7. The summed E-state index contributed by atoms with van der Waals surface area (Å²) in [6, 6.07) is 47.1. The largest absolute Gasteiger partial charge is 0.489 e. The van der Waals surface area contributed by atoms with Crippen LogP contribution in [-0.4, -0.2) is 108 Å². The molecule has 2 amide bonds. The first-order chi connectivity index (χ1) is 46.8. The number of carbonyl (C=O) groups excluding carboxylic acids is 4. The number of aromatic amines is 2. The Morgan fingerprint density at radius 2 is 0.948 bits per heavy atom. The lowest BCUT2D eigenvalue weighted by Crippen LogP contribution is -2.29. The molecule has 486 valence electrons. The summed E-state index contributed by atoms with van der Waals surface area (Å²) in [6.07, 6.45) is 11.8. The lowest BCUT2D eigenvalue weighted by Gasteiger charge is -2.25. The van der Waals surface area contributed by atoms with E-state index in [1.54, 1.807) is 31.2 Å². The zero-order chi connectivity index (χ0) is 66.2. The van der Waals surface area contributed by atoms with Gasteiger partial charge in [-0.1, -0.05) is 50.7 Å². The molecule has 0 unspecified atom stereocenters. The molecule has 6 aromatic carbocycles. The number of ether oxygens (including phenoxy) is 2. The number of H-pyrrole nitrogens is 2. The lowest BCUT2D eigenvalue weighted by atomic mass is 9.95. The van der Waals surface area contributed by atoms with E-state index in [4.69, 9.17) is 24.5 Å². The molecule has 2 aliphatic carbocycles. The molecule has 22 nitrogen and oxygen atoms in total. The molecule has 14 rings (SSSR count). The molecule has 5 N–H and O–H groups in total. The van der Waals surface area contributed by atoms with Crippen LogP contribution >= 0.6 is 22.7 Å². The Balaban J connectivity index is 0.000000174. The number of nitrogens with zero attached hydrogens (tertiary/aromatic N) is 10. The van der Waals surface area contributed by atoms with Gasteiger partial charge in [-0.2, -0.15) is 10.4 Å². The Morgan fingerprint density at radius 1 is 0.521 bits per heavy atom. The number of hydrogen-bond donors (Lipinski definition) is 5. The second-order valence-electron chi connectivity index (χ2n) is 23.8. The standard InChI is InChI=1S/C36H33N7O5S.C36H35N7O3S/c1-21(44)31-15-16-32(49-31)28-13-9-24(36(47)37-19-33(45)46)17-25(28)20-48-27-11-7-22(8-12-27)35-38-29-18-23(34-39-41-42-40-34)10-14-30(29)43(35)26-5-3-2-4-6-26;1-3-37-36(45)25-11-15-29(33-18-17-32(47-33)22(2)44)26(19-25)21-46-28-13-9-23(10-14-28)35-38-30-20-24(34-39-41-42-40-34)12-16-31(30)43(35)27-7-5-4-6-8-27/h7-18,26H,2-6,19-20H2,1H3,(H,37,47)(H,45,46)(H,39,40,41,42);9-20,27H,3-8,21H2,1-2H3,(H,37,45)(H,39,40,41,42). The van der Waals surface area contributed by atoms with Crippen molar-refractivity contribution in [2.24, 2.45) is 0 Å². The van der Waals surface area contributed by atoms with Crippen LogP contribution in [0, 0.1) is 0 Å². The predicted octanol–water partition coefficient (Wildman–Crippen LogP) is 14.4. The Kier molecular flexibility index (Phi) is 19.2. The summed E-state index contributed by atoms with van der Waals surface area (Å²) >= 11 is 2.81. The summed E-state index contributed by atoms with van der Waals surface area (Å²) in [7, 11) is 0. The summed E-state index contributed by atoms with van der Waals surface area (Å²) in [6.45, 7) is 5.44. The van der Waals surface area contributed by atoms with E-state index in [-0.39, 0.29) is 30.7 Å². The number of ketones is 2. The van der Waals surface area contributed by atoms with E-state index in [0.717, 1.165) is 114 Å². The minimum absolute atomic E-state index is 0.0248. The third-order valence-electron chi connectivity index (χ3n) is 17.4. The zero-order valence-electron chi connectivity index (χ0n) is 53.0. The summed E-state index contributed by atoms with van der Waals surface area (Å²) in [5, 5.41) is 43.3. The number of carboxylic acids is 1. The number of hydrogen-bond acceptors (Lipinski definition) is 17. The van der Waals surface area contributed by atoms with Crippen LogP contribution < -0.4 is 20.1 Å². The van der Waals surface area contributed by atoms with E-state index in [2.05, 4.69) is 85.3 Å². The first kappa shape index (κ1) is 63.9. The molecule has 6 aromatic heterocycles. The van der Waals surface area contributed by atoms with E-state index in [1.165, 1.54) is 68.1 Å². The van der Waals surface area contributed by atoms with Gasteiger partial charge in [-0.3, -0.25) is 24.0 Å². The van der Waals surface area contributed by atoms with Crippen molar-refractivity contribution < 1.29 is 38.6 Å². The van der Waals surface area contributed by atoms with E-state index in [0.29, 0.717) is 62.7 Å². The molecule has 96 heavy (non-hydrogen) atoms. The number of thiophene rings is 2. The average molecular weight is 1320 g/mol. The minimum atomic E-state index is -1.13. The van der Waals surface area contributed by atoms with Crippen molar-refractivity contribution in [3.63, 3.8) is 0 Å². The normalized spacial score (nSPS) is 13.5. The van der Waals surface area contributed by atoms with Crippen molar-refractivity contribution in [2.45, 2.75) is 110 Å². The number of Topliss-reactive ketones (excluding diaryl/α,β-unsaturated/α-hetero) is 2. The highest BCUT2D eigenvalue weighted by Crippen LogP contribution is 2.41. The molecule has 24 heteroatoms. The fraction of sp³-hybridized carbons (Fsp3) is 0.264. The van der Waals surface area contributed by atoms with E-state index < -0.39 is 18.4 Å². The number of imidazole rings is 2. The molecule has 0 aliphatic heterocycles. The maximum atomic E-state index is 12.7. The molecule has 6 heterocycles. The fourth-order valence-electron chi connectivity index (χ4n) is 12.6. The number of aromatic nitrogens is 12. The summed E-state index contributed by atoms with van der Waals surface area (Å²) in [4.78, 5) is 73.7. The van der Waals surface area contributed by atoms with Gasteiger partial charge in [0.15, 0.2) is 11.6 Å². The Morgan fingerprint density at radius 3 is 1.33 bits per heavy atom. The quantitative estimate of drug-likeness (QED) is 0.0418. The van der Waals surface area contributed by atoms with Gasteiger partial charge in [0, 0.05) is 61.8 Å². The van der Waals surface area contributed by atoms with Crippen LogP contribution in [0.5, 0.6) is 11.5 Å². The molecule has 12 aromatic rings. The number of amides is 2. The van der Waals surface area contributed by atoms with Crippen molar-refractivity contribution in [3.8, 4) is 77.9 Å². The third kappa shape index (κ3) is 14.1. The number of nitrogens with one attached hydrogen (secondary N) is 4. The van der Waals surface area contributed by atoms with E-state index in [1.807, 2.05) is 104 Å². The van der Waals surface area contributed by atoms with Crippen molar-refractivity contribution in [2.75, 3.05) is 13.1 Å². The monoisotopic (exact) mass is 1320 g/mol. The SMILES string of the molecule is CC(=O)c1ccc(-c2ccc(C(=O)NCC(=O)O)cc2COc2ccc(-c3nc4cc(-c5nn[nH]n5)ccc4n3C3CCCCC3)cc2)s1.CCNC(=O)c1ccc(-c2ccc(C(C)=O)s2)c(COc2ccc(-c3nc4cc(-c5nn[nH]n5)ccc4n3C3CCCCC3)cc2)c1. The molecule has 0 bridgehead atoms. The van der Waals surface area contributed by atoms with Crippen molar-refractivity contribution in [1.29, 1.82) is 0 Å². The van der Waals surface area contributed by atoms with Crippen molar-refractivity contribution in [3.05, 3.63) is 178 Å². The van der Waals surface area contributed by atoms with Gasteiger partial charge in [0.1, 0.15) is 42.9 Å². The maximum Gasteiger partial charge on any atom is 0.322 e. The number of aliphatic carboxylic acids is 1. The molecular formula is C72H68N14O8S2. The number of rotatable bonds is 21. The van der Waals surface area contributed by atoms with E-state index >= 15 is 0 Å². The number of tetrazole rings is 2. The zero-order valence-corrected chi connectivity index (χ0v) is 54.6. The number of benzene rings is 6. The smallest absolute Gasteiger partial charge is 0.322 e. The predicted molar refractivity (Wildman–Crippen MR) is 367 cm³/mol. The van der Waals surface area contributed by atoms with Crippen molar-refractivity contribution in [1.82, 2.24) is 71.0 Å². The van der Waals surface area contributed by atoms with Crippen molar-refractivity contribution >= 4 is 74.1 Å². The Bertz CT molecular complexity index is 4790. The fourth-order valence-corrected chi connectivity index (χ4v) is 14.6. The first-order valence-electron chi connectivity index (χ1n) is 32.1. The van der Waals surface area contributed by atoms with Crippen LogP contribution in [0.3, 0.4) is 0 Å². The summed E-state index contributed by atoms with van der Waals surface area (Å²) in [5.41, 5.74) is 11.8. The van der Waals surface area contributed by atoms with Gasteiger partial charge in [-0.15, -0.1) is 43.1 Å². The molecule has 2 fully saturated rings. The molecule has 0 radical (unpaired) electrons. The number of carbonyl (C=O) groups is 5. The van der Waals surface area contributed by atoms with Gasteiger partial charge < -0.3 is 34.3 Å². The van der Waals surface area contributed by atoms with Crippen LogP contribution in [0.2, 0.25) is 0 Å². The third-order valence-corrected chi connectivity index (χ3v) is 19.8. The number of carboxylic acid groups (broad SMARTS) is 1. The summed E-state index contributed by atoms with van der Waals surface area (Å²) in [5.74, 6) is 2.46. The van der Waals surface area contributed by atoms with Crippen LogP contribution in [0.4, 0.5) is 0 Å². The number of fused-ring (bicyclic) bond motifs is 2. The van der Waals surface area contributed by atoms with Gasteiger partial charge in [-0.25, -0.2) is 9.97 Å². The Labute approximate surface area is 559 Å². The second kappa shape index (κ2) is 28.8. The van der Waals surface area contributed by atoms with Crippen LogP contribution in [0.1, 0.15) is 148 Å². The molecule has 2 aliphatic rings.